The summed E-state index contributed by atoms with van der Waals surface area (Å²) in [6.07, 6.45) is 5.45. The average molecular weight is 226 g/mol. The molecule has 1 rings (SSSR count). The standard InChI is InChI=1S/C12H22N2O2/c1-3-7-14-10(8-9-5-4-6-9)11(15)12(16)13-2/h9-10,14H,3-8H2,1-2H3,(H,13,16). The summed E-state index contributed by atoms with van der Waals surface area (Å²) < 4.78 is 0. The Labute approximate surface area is 97.2 Å². The lowest BCUT2D eigenvalue weighted by Crippen LogP contribution is -2.46. The maximum Gasteiger partial charge on any atom is 0.288 e. The van der Waals surface area contributed by atoms with Gasteiger partial charge in [-0.05, 0) is 25.3 Å². The van der Waals surface area contributed by atoms with E-state index in [4.69, 9.17) is 0 Å². The first-order valence-electron chi connectivity index (χ1n) is 6.18. The topological polar surface area (TPSA) is 58.2 Å². The first kappa shape index (κ1) is 13.2. The van der Waals surface area contributed by atoms with Crippen LogP contribution in [0.2, 0.25) is 0 Å². The number of hydrogen-bond acceptors (Lipinski definition) is 3. The highest BCUT2D eigenvalue weighted by Gasteiger charge is 2.29. The molecule has 1 atom stereocenters. The average Bonchev–Trinajstić information content (AvgIpc) is 2.25. The zero-order valence-electron chi connectivity index (χ0n) is 10.2. The van der Waals surface area contributed by atoms with Crippen LogP contribution in [0.3, 0.4) is 0 Å². The van der Waals surface area contributed by atoms with Crippen molar-refractivity contribution in [3.63, 3.8) is 0 Å². The largest absolute Gasteiger partial charge is 0.353 e. The van der Waals surface area contributed by atoms with E-state index in [1.54, 1.807) is 0 Å². The van der Waals surface area contributed by atoms with Crippen molar-refractivity contribution in [1.29, 1.82) is 0 Å². The summed E-state index contributed by atoms with van der Waals surface area (Å²) in [7, 11) is 1.50. The van der Waals surface area contributed by atoms with Gasteiger partial charge in [-0.25, -0.2) is 0 Å². The van der Waals surface area contributed by atoms with E-state index in [1.807, 2.05) is 0 Å². The number of ketones is 1. The highest BCUT2D eigenvalue weighted by Crippen LogP contribution is 2.30. The monoisotopic (exact) mass is 226 g/mol. The molecule has 0 saturated heterocycles. The van der Waals surface area contributed by atoms with E-state index in [0.717, 1.165) is 19.4 Å². The molecule has 1 fully saturated rings. The SMILES string of the molecule is CCCNC(CC1CCC1)C(=O)C(=O)NC. The van der Waals surface area contributed by atoms with Crippen molar-refractivity contribution in [3.8, 4) is 0 Å². The highest BCUT2D eigenvalue weighted by molar-refractivity contribution is 6.38. The second-order valence-electron chi connectivity index (χ2n) is 4.48. The normalized spacial score (nSPS) is 17.6. The summed E-state index contributed by atoms with van der Waals surface area (Å²) in [5, 5.41) is 5.58. The Kier molecular flexibility index (Phi) is 5.46. The lowest BCUT2D eigenvalue weighted by molar-refractivity contribution is -0.139. The minimum Gasteiger partial charge on any atom is -0.353 e. The van der Waals surface area contributed by atoms with E-state index >= 15 is 0 Å². The molecule has 16 heavy (non-hydrogen) atoms. The Balaban J connectivity index is 2.47. The van der Waals surface area contributed by atoms with Crippen LogP contribution in [-0.2, 0) is 9.59 Å². The van der Waals surface area contributed by atoms with Crippen molar-refractivity contribution in [3.05, 3.63) is 0 Å². The molecule has 1 unspecified atom stereocenters. The third kappa shape index (κ3) is 3.59. The van der Waals surface area contributed by atoms with Crippen molar-refractivity contribution in [2.45, 2.75) is 45.1 Å². The lowest BCUT2D eigenvalue weighted by Gasteiger charge is -2.29. The van der Waals surface area contributed by atoms with E-state index in [1.165, 1.54) is 26.3 Å². The van der Waals surface area contributed by atoms with Crippen LogP contribution in [0.4, 0.5) is 0 Å². The van der Waals surface area contributed by atoms with Crippen LogP contribution < -0.4 is 10.6 Å². The van der Waals surface area contributed by atoms with Crippen LogP contribution in [0.1, 0.15) is 39.0 Å². The van der Waals surface area contributed by atoms with Crippen molar-refractivity contribution >= 4 is 11.7 Å². The van der Waals surface area contributed by atoms with Gasteiger partial charge >= 0.3 is 0 Å². The van der Waals surface area contributed by atoms with E-state index < -0.39 is 5.91 Å². The van der Waals surface area contributed by atoms with Crippen LogP contribution in [0.25, 0.3) is 0 Å². The van der Waals surface area contributed by atoms with Crippen molar-refractivity contribution < 1.29 is 9.59 Å². The Bertz CT molecular complexity index is 249. The Hall–Kier alpha value is -0.900. The van der Waals surface area contributed by atoms with E-state index in [-0.39, 0.29) is 11.8 Å². The summed E-state index contributed by atoms with van der Waals surface area (Å²) in [6, 6.07) is -0.287. The van der Waals surface area contributed by atoms with Crippen LogP contribution in [0.15, 0.2) is 0 Å². The zero-order valence-corrected chi connectivity index (χ0v) is 10.2. The quantitative estimate of drug-likeness (QED) is 0.633. The van der Waals surface area contributed by atoms with Crippen LogP contribution in [-0.4, -0.2) is 31.3 Å². The third-order valence-corrected chi connectivity index (χ3v) is 3.20. The molecule has 0 heterocycles. The molecular weight excluding hydrogens is 204 g/mol. The maximum atomic E-state index is 11.8. The second kappa shape index (κ2) is 6.63. The summed E-state index contributed by atoms with van der Waals surface area (Å²) in [6.45, 7) is 2.85. The minimum absolute atomic E-state index is 0.287. The lowest BCUT2D eigenvalue weighted by atomic mass is 9.80. The van der Waals surface area contributed by atoms with Gasteiger partial charge in [-0.3, -0.25) is 9.59 Å². The van der Waals surface area contributed by atoms with Crippen molar-refractivity contribution in [2.75, 3.05) is 13.6 Å². The predicted molar refractivity (Wildman–Crippen MR) is 63.1 cm³/mol. The number of nitrogens with one attached hydrogen (secondary N) is 2. The molecule has 1 amide bonds. The fourth-order valence-corrected chi connectivity index (χ4v) is 1.94. The summed E-state index contributed by atoms with van der Waals surface area (Å²) in [4.78, 5) is 23.1. The Morgan fingerprint density at radius 3 is 2.50 bits per heavy atom. The molecule has 92 valence electrons. The number of amides is 1. The molecule has 0 aromatic heterocycles. The second-order valence-corrected chi connectivity index (χ2v) is 4.48. The van der Waals surface area contributed by atoms with Crippen LogP contribution >= 0.6 is 0 Å². The fraction of sp³-hybridized carbons (Fsp3) is 0.833. The predicted octanol–water partition coefficient (Wildman–Crippen LogP) is 0.860. The molecule has 0 radical (unpaired) electrons. The van der Waals surface area contributed by atoms with Crippen LogP contribution in [0, 0.1) is 5.92 Å². The molecule has 1 aliphatic rings. The summed E-state index contributed by atoms with van der Waals surface area (Å²) >= 11 is 0. The van der Waals surface area contributed by atoms with Crippen molar-refractivity contribution in [1.82, 2.24) is 10.6 Å². The first-order valence-corrected chi connectivity index (χ1v) is 6.18. The van der Waals surface area contributed by atoms with Crippen molar-refractivity contribution in [2.24, 2.45) is 5.92 Å². The smallest absolute Gasteiger partial charge is 0.288 e. The van der Waals surface area contributed by atoms with Gasteiger partial charge in [-0.1, -0.05) is 26.2 Å². The molecule has 0 bridgehead atoms. The van der Waals surface area contributed by atoms with Gasteiger partial charge in [0.2, 0.25) is 5.78 Å². The van der Waals surface area contributed by atoms with Gasteiger partial charge in [0, 0.05) is 7.05 Å². The van der Waals surface area contributed by atoms with E-state index in [0.29, 0.717) is 5.92 Å². The number of rotatable bonds is 7. The molecule has 2 N–H and O–H groups in total. The van der Waals surface area contributed by atoms with Gasteiger partial charge in [-0.2, -0.15) is 0 Å². The van der Waals surface area contributed by atoms with E-state index in [2.05, 4.69) is 17.6 Å². The zero-order chi connectivity index (χ0) is 12.0. The molecule has 1 aliphatic carbocycles. The number of hydrogen-bond donors (Lipinski definition) is 2. The number of carbonyl (C=O) groups excluding carboxylic acids is 2. The minimum atomic E-state index is -0.479. The molecule has 0 spiro atoms. The summed E-state index contributed by atoms with van der Waals surface area (Å²) in [5.74, 6) is -0.168. The van der Waals surface area contributed by atoms with Crippen LogP contribution in [0.5, 0.6) is 0 Å². The number of carbonyl (C=O) groups is 2. The summed E-state index contributed by atoms with van der Waals surface area (Å²) in [5.41, 5.74) is 0. The molecular formula is C12H22N2O2. The molecule has 1 saturated carbocycles. The molecule has 0 aliphatic heterocycles. The third-order valence-electron chi connectivity index (χ3n) is 3.20. The number of Topliss-reactive ketones (excluding diaryl/α,β-unsaturated/α-hetero) is 1. The van der Waals surface area contributed by atoms with Gasteiger partial charge in [0.25, 0.3) is 5.91 Å². The molecule has 4 heteroatoms. The number of likely N-dealkylation sites (N-methyl/N-ethyl adjacent to an activating group) is 1. The van der Waals surface area contributed by atoms with E-state index in [9.17, 15) is 9.59 Å². The van der Waals surface area contributed by atoms with Gasteiger partial charge in [-0.15, -0.1) is 0 Å². The molecule has 4 nitrogen and oxygen atoms in total. The molecule has 0 aromatic carbocycles. The van der Waals surface area contributed by atoms with Gasteiger partial charge in [0.1, 0.15) is 0 Å². The van der Waals surface area contributed by atoms with Gasteiger partial charge in [0.05, 0.1) is 6.04 Å². The van der Waals surface area contributed by atoms with Gasteiger partial charge < -0.3 is 10.6 Å². The fourth-order valence-electron chi connectivity index (χ4n) is 1.94. The Morgan fingerprint density at radius 2 is 2.06 bits per heavy atom. The molecule has 0 aromatic rings. The first-order chi connectivity index (χ1) is 7.69. The van der Waals surface area contributed by atoms with Gasteiger partial charge in [0.15, 0.2) is 0 Å². The maximum absolute atomic E-state index is 11.8. The Morgan fingerprint density at radius 1 is 1.38 bits per heavy atom. The highest BCUT2D eigenvalue weighted by atomic mass is 16.2.